The highest BCUT2D eigenvalue weighted by Crippen LogP contribution is 2.38. The smallest absolute Gasteiger partial charge is 0.336 e. The molecule has 0 aliphatic carbocycles. The molecule has 2 N–H and O–H groups in total. The highest BCUT2D eigenvalue weighted by Gasteiger charge is 2.32. The van der Waals surface area contributed by atoms with E-state index >= 15 is 0 Å². The van der Waals surface area contributed by atoms with Crippen LogP contribution in [0.4, 0.5) is 5.69 Å². The Balaban J connectivity index is 1.65. The maximum absolute atomic E-state index is 11.7. The van der Waals surface area contributed by atoms with Gasteiger partial charge in [0.05, 0.1) is 16.9 Å². The standard InChI is InChI=1S/C24H26N2O3/c1-23(2,3)16-8-10-17(11-9-16)25-26-20-14-18-19(29-24(20,4)5)12-6-15-7-13-21(27)28-22(15)18/h6-14,25-26H,1-5H3. The SMILES string of the molecule is CC1(C)Oc2ccc3ccc(=O)oc3c2C=C1NNc1ccc(C(C)(C)C)cc1. The molecule has 150 valence electrons. The molecule has 0 radical (unpaired) electrons. The normalized spacial score (nSPS) is 15.3. The quantitative estimate of drug-likeness (QED) is 0.474. The number of hydrogen-bond acceptors (Lipinski definition) is 5. The summed E-state index contributed by atoms with van der Waals surface area (Å²) in [6.07, 6.45) is 1.97. The first kappa shape index (κ1) is 19.1. The zero-order valence-electron chi connectivity index (χ0n) is 17.4. The zero-order valence-corrected chi connectivity index (χ0v) is 17.4. The zero-order chi connectivity index (χ0) is 20.8. The molecule has 0 unspecified atom stereocenters. The van der Waals surface area contributed by atoms with Gasteiger partial charge >= 0.3 is 5.63 Å². The molecule has 4 rings (SSSR count). The molecule has 1 aliphatic rings. The van der Waals surface area contributed by atoms with Gasteiger partial charge in [-0.3, -0.25) is 0 Å². The van der Waals surface area contributed by atoms with Crippen molar-refractivity contribution in [3.8, 4) is 5.75 Å². The summed E-state index contributed by atoms with van der Waals surface area (Å²) >= 11 is 0. The first-order chi connectivity index (χ1) is 13.6. The summed E-state index contributed by atoms with van der Waals surface area (Å²) in [7, 11) is 0. The fourth-order valence-corrected chi connectivity index (χ4v) is 3.39. The van der Waals surface area contributed by atoms with E-state index in [1.54, 1.807) is 6.07 Å². The van der Waals surface area contributed by atoms with Gasteiger partial charge in [-0.2, -0.15) is 0 Å². The van der Waals surface area contributed by atoms with E-state index in [0.29, 0.717) is 11.3 Å². The van der Waals surface area contributed by atoms with Crippen LogP contribution in [-0.4, -0.2) is 5.60 Å². The van der Waals surface area contributed by atoms with E-state index in [4.69, 9.17) is 9.15 Å². The van der Waals surface area contributed by atoms with Crippen molar-refractivity contribution in [1.29, 1.82) is 0 Å². The monoisotopic (exact) mass is 390 g/mol. The number of fused-ring (bicyclic) bond motifs is 3. The summed E-state index contributed by atoms with van der Waals surface area (Å²) in [4.78, 5) is 11.7. The Morgan fingerprint density at radius 1 is 0.897 bits per heavy atom. The first-order valence-corrected chi connectivity index (χ1v) is 9.74. The van der Waals surface area contributed by atoms with Crippen LogP contribution in [0.5, 0.6) is 5.75 Å². The molecule has 5 heteroatoms. The van der Waals surface area contributed by atoms with Gasteiger partial charge in [-0.25, -0.2) is 4.79 Å². The third-order valence-electron chi connectivity index (χ3n) is 5.18. The number of hydrazine groups is 1. The molecule has 1 aromatic heterocycles. The van der Waals surface area contributed by atoms with E-state index in [2.05, 4.69) is 43.8 Å². The molecule has 1 aliphatic heterocycles. The summed E-state index contributed by atoms with van der Waals surface area (Å²) in [6.45, 7) is 10.6. The van der Waals surface area contributed by atoms with Crippen LogP contribution in [0.15, 0.2) is 63.4 Å². The minimum Gasteiger partial charge on any atom is -0.481 e. The predicted octanol–water partition coefficient (Wildman–Crippen LogP) is 5.22. The van der Waals surface area contributed by atoms with E-state index in [0.717, 1.165) is 22.3 Å². The van der Waals surface area contributed by atoms with E-state index < -0.39 is 5.60 Å². The van der Waals surface area contributed by atoms with Crippen LogP contribution in [0, 0.1) is 0 Å². The van der Waals surface area contributed by atoms with Crippen LogP contribution >= 0.6 is 0 Å². The molecule has 0 saturated heterocycles. The van der Waals surface area contributed by atoms with E-state index in [1.165, 1.54) is 11.6 Å². The molecule has 0 spiro atoms. The van der Waals surface area contributed by atoms with Crippen molar-refractivity contribution < 1.29 is 9.15 Å². The number of ether oxygens (including phenoxy) is 1. The Morgan fingerprint density at radius 2 is 1.59 bits per heavy atom. The van der Waals surface area contributed by atoms with Crippen LogP contribution in [0.3, 0.4) is 0 Å². The molecule has 29 heavy (non-hydrogen) atoms. The highest BCUT2D eigenvalue weighted by molar-refractivity contribution is 5.89. The lowest BCUT2D eigenvalue weighted by Crippen LogP contribution is -2.41. The third-order valence-corrected chi connectivity index (χ3v) is 5.18. The second-order valence-electron chi connectivity index (χ2n) is 8.90. The van der Waals surface area contributed by atoms with Crippen LogP contribution in [-0.2, 0) is 5.41 Å². The largest absolute Gasteiger partial charge is 0.481 e. The van der Waals surface area contributed by atoms with Crippen molar-refractivity contribution in [1.82, 2.24) is 5.43 Å². The van der Waals surface area contributed by atoms with Gasteiger partial charge in [-0.05, 0) is 61.2 Å². The molecule has 0 atom stereocenters. The summed E-state index contributed by atoms with van der Waals surface area (Å²) in [5.74, 6) is 0.692. The predicted molar refractivity (Wildman–Crippen MR) is 117 cm³/mol. The number of anilines is 1. The van der Waals surface area contributed by atoms with E-state index in [1.807, 2.05) is 44.2 Å². The maximum Gasteiger partial charge on any atom is 0.336 e. The summed E-state index contributed by atoms with van der Waals surface area (Å²) in [6, 6.07) is 15.3. The lowest BCUT2D eigenvalue weighted by atomic mass is 9.87. The Kier molecular flexibility index (Phi) is 4.41. The maximum atomic E-state index is 11.7. The van der Waals surface area contributed by atoms with Crippen LogP contribution in [0.25, 0.3) is 17.0 Å². The number of benzene rings is 2. The summed E-state index contributed by atoms with van der Waals surface area (Å²) < 4.78 is 11.7. The van der Waals surface area contributed by atoms with Gasteiger partial charge in [0, 0.05) is 11.5 Å². The minimum atomic E-state index is -0.575. The van der Waals surface area contributed by atoms with Gasteiger partial charge in [0.15, 0.2) is 0 Å². The van der Waals surface area contributed by atoms with Crippen molar-refractivity contribution in [2.24, 2.45) is 0 Å². The molecule has 0 bridgehead atoms. The van der Waals surface area contributed by atoms with Gasteiger partial charge in [0.2, 0.25) is 0 Å². The molecule has 0 fully saturated rings. The van der Waals surface area contributed by atoms with Gasteiger partial charge in [-0.1, -0.05) is 32.9 Å². The highest BCUT2D eigenvalue weighted by atomic mass is 16.5. The van der Waals surface area contributed by atoms with Crippen molar-refractivity contribution in [2.45, 2.75) is 45.6 Å². The Labute approximate surface area is 170 Å². The Bertz CT molecular complexity index is 1150. The molecule has 5 nitrogen and oxygen atoms in total. The van der Waals surface area contributed by atoms with Crippen LogP contribution < -0.4 is 21.2 Å². The number of hydrogen-bond donors (Lipinski definition) is 2. The molecule has 0 amide bonds. The number of nitrogens with one attached hydrogen (secondary N) is 2. The molecule has 3 aromatic rings. The first-order valence-electron chi connectivity index (χ1n) is 9.74. The number of rotatable bonds is 3. The summed E-state index contributed by atoms with van der Waals surface area (Å²) in [5.41, 5.74) is 10.0. The third kappa shape index (κ3) is 3.73. The topological polar surface area (TPSA) is 63.5 Å². The summed E-state index contributed by atoms with van der Waals surface area (Å²) in [5, 5.41) is 0.855. The van der Waals surface area contributed by atoms with Crippen LogP contribution in [0.2, 0.25) is 0 Å². The Morgan fingerprint density at radius 3 is 2.28 bits per heavy atom. The molecule has 2 heterocycles. The van der Waals surface area contributed by atoms with Gasteiger partial charge in [-0.15, -0.1) is 0 Å². The lowest BCUT2D eigenvalue weighted by Gasteiger charge is -2.34. The van der Waals surface area contributed by atoms with E-state index in [-0.39, 0.29) is 11.0 Å². The second-order valence-corrected chi connectivity index (χ2v) is 8.90. The molecular weight excluding hydrogens is 364 g/mol. The van der Waals surface area contributed by atoms with Crippen molar-refractivity contribution in [2.75, 3.05) is 5.43 Å². The molecular formula is C24H26N2O3. The van der Waals surface area contributed by atoms with Gasteiger partial charge in [0.1, 0.15) is 16.9 Å². The Hall–Kier alpha value is -3.21. The lowest BCUT2D eigenvalue weighted by molar-refractivity contribution is 0.138. The van der Waals surface area contributed by atoms with Crippen molar-refractivity contribution in [3.05, 3.63) is 75.8 Å². The van der Waals surface area contributed by atoms with E-state index in [9.17, 15) is 4.79 Å². The fraction of sp³-hybridized carbons (Fsp3) is 0.292. The fourth-order valence-electron chi connectivity index (χ4n) is 3.39. The second kappa shape index (κ2) is 6.69. The molecule has 0 saturated carbocycles. The van der Waals surface area contributed by atoms with Crippen molar-refractivity contribution >= 4 is 22.7 Å². The van der Waals surface area contributed by atoms with Crippen LogP contribution in [0.1, 0.15) is 45.7 Å². The minimum absolute atomic E-state index is 0.113. The molecule has 2 aromatic carbocycles. The van der Waals surface area contributed by atoms with Crippen molar-refractivity contribution in [3.63, 3.8) is 0 Å². The van der Waals surface area contributed by atoms with Gasteiger partial charge in [0.25, 0.3) is 0 Å². The average Bonchev–Trinajstić information content (AvgIpc) is 2.65. The average molecular weight is 390 g/mol. The van der Waals surface area contributed by atoms with Gasteiger partial charge < -0.3 is 20.0 Å².